The molecule has 3 rings (SSSR count). The van der Waals surface area contributed by atoms with Crippen LogP contribution >= 0.6 is 23.6 Å². The van der Waals surface area contributed by atoms with Gasteiger partial charge in [-0.05, 0) is 19.4 Å². The third kappa shape index (κ3) is 2.65. The second-order valence-electron chi connectivity index (χ2n) is 7.49. The van der Waals surface area contributed by atoms with Crippen LogP contribution in [-0.4, -0.2) is 52.9 Å². The number of Topliss-reactive ketones (excluding diaryl/α,β-unsaturated/α-hetero) is 1. The zero-order valence-electron chi connectivity index (χ0n) is 15.4. The Bertz CT molecular complexity index is 927. The summed E-state index contributed by atoms with van der Waals surface area (Å²) in [5.74, 6) is -0.155. The minimum absolute atomic E-state index is 0.155. The quantitative estimate of drug-likeness (QED) is 0.694. The van der Waals surface area contributed by atoms with E-state index in [0.29, 0.717) is 26.3 Å². The summed E-state index contributed by atoms with van der Waals surface area (Å²) in [6, 6.07) is 0. The maximum absolute atomic E-state index is 13.3. The van der Waals surface area contributed by atoms with Gasteiger partial charge in [0.05, 0.1) is 5.70 Å². The number of thiocarbonyl (C=S) groups is 1. The molecule has 0 spiro atoms. The minimum Gasteiger partial charge on any atom is -0.371 e. The number of carbonyl (C=O) groups excluding carboxylic acids is 1. The zero-order chi connectivity index (χ0) is 19.6. The molecule has 2 aliphatic rings. The third-order valence-corrected chi connectivity index (χ3v) is 8.43. The van der Waals surface area contributed by atoms with Gasteiger partial charge in [0.25, 0.3) is 0 Å². The molecule has 1 aromatic rings. The van der Waals surface area contributed by atoms with Crippen molar-refractivity contribution >= 4 is 44.2 Å². The number of fused-ring (bicyclic) bond motifs is 1. The molecule has 2 aliphatic heterocycles. The van der Waals surface area contributed by atoms with Crippen molar-refractivity contribution in [1.82, 2.24) is 15.1 Å². The smallest absolute Gasteiger partial charge is 0.188 e. The predicted molar refractivity (Wildman–Crippen MR) is 102 cm³/mol. The number of ketones is 1. The Kier molecular flexibility index (Phi) is 4.62. The van der Waals surface area contributed by atoms with Crippen LogP contribution in [0.25, 0.3) is 0 Å². The van der Waals surface area contributed by atoms with Gasteiger partial charge in [-0.1, -0.05) is 33.0 Å². The first-order valence-corrected chi connectivity index (χ1v) is 10.9. The third-order valence-electron chi connectivity index (χ3n) is 4.58. The van der Waals surface area contributed by atoms with Crippen LogP contribution < -0.4 is 0 Å². The highest BCUT2D eigenvalue weighted by molar-refractivity contribution is 7.93. The molecule has 0 aliphatic carbocycles. The topological polar surface area (TPSA) is 89.5 Å². The maximum atomic E-state index is 13.3. The van der Waals surface area contributed by atoms with Gasteiger partial charge < -0.3 is 9.64 Å². The van der Waals surface area contributed by atoms with E-state index in [1.807, 2.05) is 0 Å². The number of allylic oxidation sites excluding steroid dienone is 1. The molecule has 0 radical (unpaired) electrons. The first-order chi connectivity index (χ1) is 11.9. The van der Waals surface area contributed by atoms with Gasteiger partial charge in [0.2, 0.25) is 0 Å². The van der Waals surface area contributed by atoms with Gasteiger partial charge in [0.1, 0.15) is 26.4 Å². The summed E-state index contributed by atoms with van der Waals surface area (Å²) in [7, 11) is -2.33. The lowest BCUT2D eigenvalue weighted by Gasteiger charge is -2.53. The van der Waals surface area contributed by atoms with Gasteiger partial charge in [-0.2, -0.15) is 0 Å². The average Bonchev–Trinajstić information content (AvgIpc) is 2.92. The number of aryl methyl sites for hydroxylation is 1. The summed E-state index contributed by atoms with van der Waals surface area (Å²) >= 11 is 6.58. The standard InChI is InChI=1S/C16H21N3O4S3/c1-7-9(12(20)16(3,4)5)19-14(24)10(23-6)15(19)26(21,22)11(7)13-18-17-8(2)25-13/h10-11,15H,1-6H3/t10-,11?,15+/m0/s1. The summed E-state index contributed by atoms with van der Waals surface area (Å²) in [6.07, 6.45) is -0.748. The first-order valence-electron chi connectivity index (χ1n) is 8.07. The van der Waals surface area contributed by atoms with Crippen molar-refractivity contribution in [3.8, 4) is 0 Å². The molecule has 1 unspecified atom stereocenters. The van der Waals surface area contributed by atoms with Gasteiger partial charge in [0.15, 0.2) is 21.0 Å². The first kappa shape index (κ1) is 19.5. The summed E-state index contributed by atoms with van der Waals surface area (Å²) in [4.78, 5) is 14.9. The van der Waals surface area contributed by atoms with Crippen molar-refractivity contribution in [2.24, 2.45) is 5.41 Å². The van der Waals surface area contributed by atoms with Gasteiger partial charge in [-0.15, -0.1) is 21.5 Å². The molecule has 1 fully saturated rings. The number of hydrogen-bond donors (Lipinski definition) is 0. The van der Waals surface area contributed by atoms with Crippen LogP contribution in [-0.2, 0) is 19.4 Å². The number of carbonyl (C=O) groups is 1. The van der Waals surface area contributed by atoms with Crippen LogP contribution in [0.1, 0.15) is 43.0 Å². The Morgan fingerprint density at radius 3 is 2.35 bits per heavy atom. The lowest BCUT2D eigenvalue weighted by molar-refractivity contribution is -0.124. The predicted octanol–water partition coefficient (Wildman–Crippen LogP) is 2.19. The molecule has 0 aromatic carbocycles. The van der Waals surface area contributed by atoms with E-state index in [9.17, 15) is 13.2 Å². The van der Waals surface area contributed by atoms with Crippen molar-refractivity contribution in [2.75, 3.05) is 7.11 Å². The highest BCUT2D eigenvalue weighted by Crippen LogP contribution is 2.49. The number of nitrogens with zero attached hydrogens (tertiary/aromatic N) is 3. The van der Waals surface area contributed by atoms with Crippen LogP contribution in [0.15, 0.2) is 11.3 Å². The van der Waals surface area contributed by atoms with Crippen LogP contribution in [0, 0.1) is 12.3 Å². The van der Waals surface area contributed by atoms with Gasteiger partial charge in [-0.25, -0.2) is 8.42 Å². The maximum Gasteiger partial charge on any atom is 0.188 e. The van der Waals surface area contributed by atoms with E-state index in [0.717, 1.165) is 0 Å². The normalized spacial score (nSPS) is 28.0. The van der Waals surface area contributed by atoms with Crippen molar-refractivity contribution < 1.29 is 17.9 Å². The molecule has 3 atom stereocenters. The summed E-state index contributed by atoms with van der Waals surface area (Å²) in [5, 5.41) is 7.00. The van der Waals surface area contributed by atoms with Crippen molar-refractivity contribution in [3.05, 3.63) is 21.3 Å². The molecule has 7 nitrogen and oxygen atoms in total. The molecule has 10 heteroatoms. The molecular formula is C16H21N3O4S3. The Morgan fingerprint density at radius 1 is 1.27 bits per heavy atom. The molecule has 0 N–H and O–H groups in total. The summed E-state index contributed by atoms with van der Waals surface area (Å²) < 4.78 is 32.0. The van der Waals surface area contributed by atoms with E-state index >= 15 is 0 Å². The van der Waals surface area contributed by atoms with Gasteiger partial charge in [0, 0.05) is 12.5 Å². The monoisotopic (exact) mass is 415 g/mol. The fraction of sp³-hybridized carbons (Fsp3) is 0.625. The number of sulfone groups is 1. The Balaban J connectivity index is 2.27. The Labute approximate surface area is 162 Å². The number of aromatic nitrogens is 2. The average molecular weight is 416 g/mol. The van der Waals surface area contributed by atoms with Crippen molar-refractivity contribution in [2.45, 2.75) is 51.3 Å². The van der Waals surface area contributed by atoms with E-state index < -0.39 is 32.0 Å². The molecule has 0 bridgehead atoms. The van der Waals surface area contributed by atoms with Crippen LogP contribution in [0.5, 0.6) is 0 Å². The number of ether oxygens (including phenoxy) is 1. The molecule has 26 heavy (non-hydrogen) atoms. The van der Waals surface area contributed by atoms with E-state index in [-0.39, 0.29) is 5.78 Å². The lowest BCUT2D eigenvalue weighted by Crippen LogP contribution is -2.70. The van der Waals surface area contributed by atoms with Gasteiger partial charge >= 0.3 is 0 Å². The summed E-state index contributed by atoms with van der Waals surface area (Å²) in [6.45, 7) is 8.83. The lowest BCUT2D eigenvalue weighted by atomic mass is 9.85. The SMILES string of the molecule is CO[C@H]1C(=S)N2C(C(=O)C(C)(C)C)=C(C)C(c3nnc(C)s3)S(=O)(=O)[C@H]12. The van der Waals surface area contributed by atoms with Crippen molar-refractivity contribution in [3.63, 3.8) is 0 Å². The highest BCUT2D eigenvalue weighted by Gasteiger charge is 2.61. The molecule has 1 aromatic heterocycles. The molecule has 1 saturated heterocycles. The molecule has 0 amide bonds. The highest BCUT2D eigenvalue weighted by atomic mass is 32.2. The zero-order valence-corrected chi connectivity index (χ0v) is 17.9. The molecule has 0 saturated carbocycles. The number of hydrogen-bond acceptors (Lipinski definition) is 8. The Morgan fingerprint density at radius 2 is 1.88 bits per heavy atom. The fourth-order valence-electron chi connectivity index (χ4n) is 3.30. The van der Waals surface area contributed by atoms with E-state index in [2.05, 4.69) is 10.2 Å². The van der Waals surface area contributed by atoms with E-state index in [1.54, 1.807) is 34.6 Å². The molecule has 142 valence electrons. The fourth-order valence-corrected chi connectivity index (χ4v) is 7.49. The van der Waals surface area contributed by atoms with Crippen LogP contribution in [0.3, 0.4) is 0 Å². The van der Waals surface area contributed by atoms with Crippen LogP contribution in [0.4, 0.5) is 0 Å². The second kappa shape index (κ2) is 6.15. The molecule has 3 heterocycles. The second-order valence-corrected chi connectivity index (χ2v) is 11.3. The minimum atomic E-state index is -3.75. The van der Waals surface area contributed by atoms with E-state index in [1.165, 1.54) is 23.3 Å². The van der Waals surface area contributed by atoms with Crippen LogP contribution in [0.2, 0.25) is 0 Å². The number of rotatable bonds is 3. The van der Waals surface area contributed by atoms with Crippen molar-refractivity contribution in [1.29, 1.82) is 0 Å². The summed E-state index contributed by atoms with van der Waals surface area (Å²) in [5.41, 5.74) is 0.0974. The largest absolute Gasteiger partial charge is 0.371 e. The van der Waals surface area contributed by atoms with Gasteiger partial charge in [-0.3, -0.25) is 4.79 Å². The Hall–Kier alpha value is -1.23. The molecular weight excluding hydrogens is 394 g/mol. The van der Waals surface area contributed by atoms with E-state index in [4.69, 9.17) is 17.0 Å². The number of methoxy groups -OCH3 is 1.